The summed E-state index contributed by atoms with van der Waals surface area (Å²) in [5.74, 6) is 0.718. The van der Waals surface area contributed by atoms with Crippen molar-refractivity contribution in [3.63, 3.8) is 0 Å². The number of carbonyl (C=O) groups excluding carboxylic acids is 1. The van der Waals surface area contributed by atoms with Crippen LogP contribution >= 0.6 is 0 Å². The number of nitrogens with zero attached hydrogens (tertiary/aromatic N) is 1. The van der Waals surface area contributed by atoms with Crippen LogP contribution < -0.4 is 11.1 Å². The minimum Gasteiger partial charge on any atom is -0.347 e. The smallest absolute Gasteiger partial charge is 0.239 e. The molecule has 18 heavy (non-hydrogen) atoms. The summed E-state index contributed by atoms with van der Waals surface area (Å²) in [6.45, 7) is 4.32. The lowest BCUT2D eigenvalue weighted by molar-refractivity contribution is -0.131. The van der Waals surface area contributed by atoms with E-state index < -0.39 is 0 Å². The molecule has 0 bridgehead atoms. The normalized spacial score (nSPS) is 26.1. The van der Waals surface area contributed by atoms with Gasteiger partial charge in [-0.25, -0.2) is 0 Å². The Morgan fingerprint density at radius 1 is 1.28 bits per heavy atom. The van der Waals surface area contributed by atoms with Crippen molar-refractivity contribution in [2.75, 3.05) is 14.1 Å². The van der Waals surface area contributed by atoms with Gasteiger partial charge in [0.25, 0.3) is 0 Å². The number of rotatable bonds is 5. The van der Waals surface area contributed by atoms with Gasteiger partial charge in [-0.15, -0.1) is 0 Å². The molecular weight excluding hydrogens is 226 g/mol. The van der Waals surface area contributed by atoms with Gasteiger partial charge in [-0.3, -0.25) is 4.79 Å². The molecule has 1 saturated carbocycles. The zero-order valence-electron chi connectivity index (χ0n) is 12.3. The Bertz CT molecular complexity index is 258. The van der Waals surface area contributed by atoms with Gasteiger partial charge in [0.05, 0.1) is 6.04 Å². The second-order valence-electron chi connectivity index (χ2n) is 6.19. The predicted octanol–water partition coefficient (Wildman–Crippen LogP) is 1.35. The summed E-state index contributed by atoms with van der Waals surface area (Å²) >= 11 is 0. The Morgan fingerprint density at radius 3 is 2.28 bits per heavy atom. The molecule has 1 rings (SSSR count). The molecule has 1 atom stereocenters. The maximum Gasteiger partial charge on any atom is 0.239 e. The van der Waals surface area contributed by atoms with Gasteiger partial charge in [0.2, 0.25) is 5.91 Å². The fraction of sp³-hybridized carbons (Fsp3) is 0.929. The summed E-state index contributed by atoms with van der Waals surface area (Å²) < 4.78 is 0. The molecule has 1 unspecified atom stereocenters. The van der Waals surface area contributed by atoms with Crippen LogP contribution in [0, 0.1) is 5.92 Å². The molecule has 1 amide bonds. The fourth-order valence-corrected chi connectivity index (χ4v) is 2.59. The van der Waals surface area contributed by atoms with Crippen LogP contribution in [0.5, 0.6) is 0 Å². The van der Waals surface area contributed by atoms with E-state index in [1.165, 1.54) is 0 Å². The first kappa shape index (κ1) is 15.4. The van der Waals surface area contributed by atoms with E-state index in [0.717, 1.165) is 32.1 Å². The number of carbonyl (C=O) groups is 1. The van der Waals surface area contributed by atoms with Crippen molar-refractivity contribution in [3.05, 3.63) is 0 Å². The maximum atomic E-state index is 12.2. The first-order chi connectivity index (χ1) is 8.40. The number of nitrogens with two attached hydrogens (primary N) is 1. The molecule has 0 aliphatic heterocycles. The summed E-state index contributed by atoms with van der Waals surface area (Å²) in [5.41, 5.74) is 5.91. The standard InChI is InChI=1S/C14H29N3O/c1-10(2)9-13(14(18)17(3)4)16-12-7-5-11(15)6-8-12/h10-13,16H,5-9,15H2,1-4H3. The van der Waals surface area contributed by atoms with E-state index in [1.807, 2.05) is 14.1 Å². The largest absolute Gasteiger partial charge is 0.347 e. The number of hydrogen-bond acceptors (Lipinski definition) is 3. The first-order valence-corrected chi connectivity index (χ1v) is 7.13. The molecule has 0 heterocycles. The molecule has 1 aliphatic carbocycles. The van der Waals surface area contributed by atoms with Crippen LogP contribution in [0.15, 0.2) is 0 Å². The highest BCUT2D eigenvalue weighted by atomic mass is 16.2. The molecule has 0 spiro atoms. The molecule has 0 aromatic rings. The summed E-state index contributed by atoms with van der Waals surface area (Å²) in [6, 6.07) is 0.771. The summed E-state index contributed by atoms with van der Waals surface area (Å²) in [7, 11) is 3.66. The Kier molecular flexibility index (Phi) is 6.09. The molecule has 0 aromatic heterocycles. The van der Waals surface area contributed by atoms with Crippen molar-refractivity contribution in [2.24, 2.45) is 11.7 Å². The van der Waals surface area contributed by atoms with E-state index >= 15 is 0 Å². The predicted molar refractivity (Wildman–Crippen MR) is 75.3 cm³/mol. The van der Waals surface area contributed by atoms with Crippen molar-refractivity contribution in [1.29, 1.82) is 0 Å². The third kappa shape index (κ3) is 4.94. The second kappa shape index (κ2) is 7.10. The maximum absolute atomic E-state index is 12.2. The zero-order valence-corrected chi connectivity index (χ0v) is 12.3. The van der Waals surface area contributed by atoms with E-state index in [4.69, 9.17) is 5.73 Å². The first-order valence-electron chi connectivity index (χ1n) is 7.13. The van der Waals surface area contributed by atoms with Gasteiger partial charge < -0.3 is 16.0 Å². The van der Waals surface area contributed by atoms with Crippen molar-refractivity contribution >= 4 is 5.91 Å². The van der Waals surface area contributed by atoms with Crippen LogP contribution in [0.2, 0.25) is 0 Å². The monoisotopic (exact) mass is 255 g/mol. The topological polar surface area (TPSA) is 58.4 Å². The van der Waals surface area contributed by atoms with E-state index in [-0.39, 0.29) is 11.9 Å². The summed E-state index contributed by atoms with van der Waals surface area (Å²) in [4.78, 5) is 13.8. The van der Waals surface area contributed by atoms with E-state index in [9.17, 15) is 4.79 Å². The Labute approximate surface area is 111 Å². The molecule has 4 nitrogen and oxygen atoms in total. The van der Waals surface area contributed by atoms with Crippen molar-refractivity contribution in [1.82, 2.24) is 10.2 Å². The third-order valence-electron chi connectivity index (χ3n) is 3.65. The van der Waals surface area contributed by atoms with E-state index in [2.05, 4.69) is 19.2 Å². The lowest BCUT2D eigenvalue weighted by Gasteiger charge is -2.32. The van der Waals surface area contributed by atoms with Crippen LogP contribution in [0.1, 0.15) is 46.0 Å². The Balaban J connectivity index is 2.52. The van der Waals surface area contributed by atoms with Gasteiger partial charge in [-0.05, 0) is 38.0 Å². The SMILES string of the molecule is CC(C)CC(NC1CCC(N)CC1)C(=O)N(C)C. The minimum atomic E-state index is -0.0423. The second-order valence-corrected chi connectivity index (χ2v) is 6.19. The van der Waals surface area contributed by atoms with Crippen molar-refractivity contribution in [3.8, 4) is 0 Å². The van der Waals surface area contributed by atoms with Crippen molar-refractivity contribution < 1.29 is 4.79 Å². The van der Waals surface area contributed by atoms with Crippen LogP contribution in [0.3, 0.4) is 0 Å². The minimum absolute atomic E-state index is 0.0423. The summed E-state index contributed by atoms with van der Waals surface area (Å²) in [6.07, 6.45) is 5.23. The fourth-order valence-electron chi connectivity index (χ4n) is 2.59. The molecule has 4 heteroatoms. The zero-order chi connectivity index (χ0) is 13.7. The molecule has 0 radical (unpaired) electrons. The highest BCUT2D eigenvalue weighted by Crippen LogP contribution is 2.19. The van der Waals surface area contributed by atoms with E-state index in [1.54, 1.807) is 4.90 Å². The van der Waals surface area contributed by atoms with Gasteiger partial charge in [-0.1, -0.05) is 13.8 Å². The molecule has 3 N–H and O–H groups in total. The molecule has 1 fully saturated rings. The van der Waals surface area contributed by atoms with E-state index in [0.29, 0.717) is 18.0 Å². The average Bonchev–Trinajstić information content (AvgIpc) is 2.29. The van der Waals surface area contributed by atoms with Crippen LogP contribution in [-0.2, 0) is 4.79 Å². The molecular formula is C14H29N3O. The lowest BCUT2D eigenvalue weighted by atomic mass is 9.90. The lowest BCUT2D eigenvalue weighted by Crippen LogP contribution is -2.50. The average molecular weight is 255 g/mol. The molecule has 0 aromatic carbocycles. The molecule has 1 aliphatic rings. The molecule has 106 valence electrons. The number of hydrogen-bond donors (Lipinski definition) is 2. The highest BCUT2D eigenvalue weighted by molar-refractivity contribution is 5.81. The summed E-state index contributed by atoms with van der Waals surface area (Å²) in [5, 5.41) is 3.54. The highest BCUT2D eigenvalue weighted by Gasteiger charge is 2.26. The number of likely N-dealkylation sites (N-methyl/N-ethyl adjacent to an activating group) is 1. The van der Waals surface area contributed by atoms with Crippen LogP contribution in [-0.4, -0.2) is 43.0 Å². The van der Waals surface area contributed by atoms with Gasteiger partial charge >= 0.3 is 0 Å². The molecule has 0 saturated heterocycles. The van der Waals surface area contributed by atoms with Gasteiger partial charge in [0, 0.05) is 26.2 Å². The quantitative estimate of drug-likeness (QED) is 0.779. The van der Waals surface area contributed by atoms with Crippen LogP contribution in [0.25, 0.3) is 0 Å². The number of amides is 1. The van der Waals surface area contributed by atoms with Gasteiger partial charge in [-0.2, -0.15) is 0 Å². The van der Waals surface area contributed by atoms with Gasteiger partial charge in [0.15, 0.2) is 0 Å². The van der Waals surface area contributed by atoms with Crippen molar-refractivity contribution in [2.45, 2.75) is 64.1 Å². The Morgan fingerprint density at radius 2 is 1.83 bits per heavy atom. The van der Waals surface area contributed by atoms with Crippen LogP contribution in [0.4, 0.5) is 0 Å². The number of nitrogens with one attached hydrogen (secondary N) is 1. The van der Waals surface area contributed by atoms with Gasteiger partial charge in [0.1, 0.15) is 0 Å². The Hall–Kier alpha value is -0.610. The third-order valence-corrected chi connectivity index (χ3v) is 3.65.